The fourth-order valence-electron chi connectivity index (χ4n) is 3.88. The first kappa shape index (κ1) is 18.2. The molecule has 1 fully saturated rings. The second-order valence-electron chi connectivity index (χ2n) is 7.35. The van der Waals surface area contributed by atoms with Crippen molar-refractivity contribution < 1.29 is 9.32 Å². The normalized spacial score (nSPS) is 16.1. The van der Waals surface area contributed by atoms with E-state index in [0.29, 0.717) is 23.0 Å². The van der Waals surface area contributed by atoms with Crippen LogP contribution in [0.1, 0.15) is 59.9 Å². The van der Waals surface area contributed by atoms with Gasteiger partial charge in [-0.1, -0.05) is 24.4 Å². The quantitative estimate of drug-likeness (QED) is 0.723. The molecule has 0 aliphatic heterocycles. The highest BCUT2D eigenvalue weighted by molar-refractivity contribution is 5.94. The van der Waals surface area contributed by atoms with Crippen LogP contribution in [0.5, 0.6) is 0 Å². The number of nitrogens with one attached hydrogen (secondary N) is 2. The summed E-state index contributed by atoms with van der Waals surface area (Å²) in [5.41, 5.74) is 1.23. The summed E-state index contributed by atoms with van der Waals surface area (Å²) in [6.45, 7) is 3.59. The Morgan fingerprint density at radius 1 is 1.18 bits per heavy atom. The predicted octanol–water partition coefficient (Wildman–Crippen LogP) is 2.75. The molecule has 2 aromatic heterocycles. The number of rotatable bonds is 4. The van der Waals surface area contributed by atoms with Crippen LogP contribution in [0.4, 0.5) is 0 Å². The van der Waals surface area contributed by atoms with Gasteiger partial charge in [0.25, 0.3) is 5.91 Å². The number of imidazole rings is 1. The fraction of sp³-hybridized carbons (Fsp3) is 0.400. The van der Waals surface area contributed by atoms with Crippen LogP contribution in [0.3, 0.4) is 0 Å². The summed E-state index contributed by atoms with van der Waals surface area (Å²) in [5, 5.41) is 7.24. The second-order valence-corrected chi connectivity index (χ2v) is 7.35. The first-order valence-electron chi connectivity index (χ1n) is 9.49. The van der Waals surface area contributed by atoms with Gasteiger partial charge < -0.3 is 14.8 Å². The van der Waals surface area contributed by atoms with Crippen molar-refractivity contribution in [3.8, 4) is 5.69 Å². The van der Waals surface area contributed by atoms with Gasteiger partial charge in [-0.3, -0.25) is 9.36 Å². The Bertz CT molecular complexity index is 1040. The number of aromatic amines is 1. The van der Waals surface area contributed by atoms with Gasteiger partial charge in [0.1, 0.15) is 5.54 Å². The lowest BCUT2D eigenvalue weighted by Gasteiger charge is -2.35. The molecule has 28 heavy (non-hydrogen) atoms. The van der Waals surface area contributed by atoms with Crippen LogP contribution >= 0.6 is 0 Å². The molecule has 8 heteroatoms. The average molecular weight is 381 g/mol. The van der Waals surface area contributed by atoms with Gasteiger partial charge in [-0.25, -0.2) is 4.79 Å². The maximum absolute atomic E-state index is 13.0. The summed E-state index contributed by atoms with van der Waals surface area (Å²) >= 11 is 0. The number of amides is 1. The molecule has 0 unspecified atom stereocenters. The SMILES string of the molecule is Cc1nc(C2(NC(=O)c3ccc(-n4c(C)c[nH]c4=O)cc3)CCCCC2)no1. The number of hydrogen-bond donors (Lipinski definition) is 2. The average Bonchev–Trinajstić information content (AvgIpc) is 3.28. The maximum atomic E-state index is 13.0. The van der Waals surface area contributed by atoms with Crippen LogP contribution in [0, 0.1) is 13.8 Å². The first-order valence-corrected chi connectivity index (χ1v) is 9.49. The zero-order chi connectivity index (χ0) is 19.7. The van der Waals surface area contributed by atoms with E-state index in [1.54, 1.807) is 42.0 Å². The zero-order valence-electron chi connectivity index (χ0n) is 16.0. The summed E-state index contributed by atoms with van der Waals surface area (Å²) in [4.78, 5) is 31.9. The molecule has 0 bridgehead atoms. The van der Waals surface area contributed by atoms with Gasteiger partial charge in [0.05, 0.1) is 5.69 Å². The van der Waals surface area contributed by atoms with Crippen LogP contribution in [0.25, 0.3) is 5.69 Å². The summed E-state index contributed by atoms with van der Waals surface area (Å²) in [6.07, 6.45) is 6.36. The molecule has 1 aromatic carbocycles. The van der Waals surface area contributed by atoms with E-state index in [9.17, 15) is 9.59 Å². The van der Waals surface area contributed by atoms with E-state index in [1.807, 2.05) is 6.92 Å². The van der Waals surface area contributed by atoms with Crippen LogP contribution in [0.15, 0.2) is 39.8 Å². The number of H-pyrrole nitrogens is 1. The Morgan fingerprint density at radius 3 is 2.46 bits per heavy atom. The molecule has 1 saturated carbocycles. The molecule has 3 aromatic rings. The predicted molar refractivity (Wildman–Crippen MR) is 102 cm³/mol. The number of carbonyl (C=O) groups excluding carboxylic acids is 1. The third-order valence-corrected chi connectivity index (χ3v) is 5.36. The highest BCUT2D eigenvalue weighted by Gasteiger charge is 2.39. The molecular formula is C20H23N5O3. The molecular weight excluding hydrogens is 358 g/mol. The number of hydrogen-bond acceptors (Lipinski definition) is 5. The van der Waals surface area contributed by atoms with Gasteiger partial charge in [0.2, 0.25) is 5.89 Å². The van der Waals surface area contributed by atoms with E-state index in [2.05, 4.69) is 20.4 Å². The minimum atomic E-state index is -0.597. The zero-order valence-corrected chi connectivity index (χ0v) is 16.0. The summed E-state index contributed by atoms with van der Waals surface area (Å²) in [6, 6.07) is 6.98. The smallest absolute Gasteiger partial charge is 0.330 e. The highest BCUT2D eigenvalue weighted by Crippen LogP contribution is 2.36. The Labute approximate surface area is 162 Å². The number of aromatic nitrogens is 4. The van der Waals surface area contributed by atoms with Gasteiger partial charge >= 0.3 is 5.69 Å². The largest absolute Gasteiger partial charge is 0.340 e. The standard InChI is InChI=1S/C20H23N5O3/c1-13-12-21-19(27)25(13)16-8-6-15(7-9-16)17(26)23-20(10-4-3-5-11-20)18-22-14(2)28-24-18/h6-9,12H,3-5,10-11H2,1-2H3,(H,21,27)(H,23,26). The number of nitrogens with zero attached hydrogens (tertiary/aromatic N) is 3. The molecule has 8 nitrogen and oxygen atoms in total. The second kappa shape index (κ2) is 7.10. The van der Waals surface area contributed by atoms with Gasteiger partial charge in [0.15, 0.2) is 5.82 Å². The molecule has 146 valence electrons. The minimum Gasteiger partial charge on any atom is -0.340 e. The van der Waals surface area contributed by atoms with Crippen molar-refractivity contribution in [3.63, 3.8) is 0 Å². The molecule has 1 aliphatic carbocycles. The van der Waals surface area contributed by atoms with Crippen LogP contribution in [-0.2, 0) is 5.54 Å². The summed E-state index contributed by atoms with van der Waals surface area (Å²) in [7, 11) is 0. The van der Waals surface area contributed by atoms with Crippen molar-refractivity contribution in [2.75, 3.05) is 0 Å². The molecule has 4 rings (SSSR count). The van der Waals surface area contributed by atoms with Crippen molar-refractivity contribution in [2.24, 2.45) is 0 Å². The maximum Gasteiger partial charge on any atom is 0.330 e. The van der Waals surface area contributed by atoms with Crippen molar-refractivity contribution in [1.29, 1.82) is 0 Å². The lowest BCUT2D eigenvalue weighted by Crippen LogP contribution is -2.48. The molecule has 0 radical (unpaired) electrons. The monoisotopic (exact) mass is 381 g/mol. The Hall–Kier alpha value is -3.16. The fourth-order valence-corrected chi connectivity index (χ4v) is 3.88. The third-order valence-electron chi connectivity index (χ3n) is 5.36. The minimum absolute atomic E-state index is 0.186. The molecule has 0 atom stereocenters. The topological polar surface area (TPSA) is 106 Å². The lowest BCUT2D eigenvalue weighted by molar-refractivity contribution is 0.0855. The number of benzene rings is 1. The van der Waals surface area contributed by atoms with E-state index >= 15 is 0 Å². The van der Waals surface area contributed by atoms with E-state index in [1.165, 1.54) is 0 Å². The van der Waals surface area contributed by atoms with E-state index in [0.717, 1.165) is 37.8 Å². The van der Waals surface area contributed by atoms with Crippen molar-refractivity contribution in [2.45, 2.75) is 51.5 Å². The van der Waals surface area contributed by atoms with Crippen LogP contribution < -0.4 is 11.0 Å². The number of carbonyl (C=O) groups is 1. The Balaban J connectivity index is 1.59. The van der Waals surface area contributed by atoms with Gasteiger partial charge in [-0.2, -0.15) is 4.98 Å². The summed E-state index contributed by atoms with van der Waals surface area (Å²) < 4.78 is 6.72. The van der Waals surface area contributed by atoms with Gasteiger partial charge in [-0.05, 0) is 44.0 Å². The van der Waals surface area contributed by atoms with Crippen molar-refractivity contribution in [1.82, 2.24) is 25.0 Å². The molecule has 0 saturated heterocycles. The van der Waals surface area contributed by atoms with Crippen LogP contribution in [-0.4, -0.2) is 25.6 Å². The first-order chi connectivity index (χ1) is 13.5. The van der Waals surface area contributed by atoms with E-state index < -0.39 is 5.54 Å². The van der Waals surface area contributed by atoms with Gasteiger partial charge in [-0.15, -0.1) is 0 Å². The summed E-state index contributed by atoms with van der Waals surface area (Å²) in [5.74, 6) is 0.851. The van der Waals surface area contributed by atoms with Crippen molar-refractivity contribution in [3.05, 3.63) is 63.9 Å². The van der Waals surface area contributed by atoms with E-state index in [-0.39, 0.29) is 11.6 Å². The molecule has 0 spiro atoms. The van der Waals surface area contributed by atoms with Crippen LogP contribution in [0.2, 0.25) is 0 Å². The van der Waals surface area contributed by atoms with E-state index in [4.69, 9.17) is 4.52 Å². The Kier molecular flexibility index (Phi) is 4.62. The molecule has 1 aliphatic rings. The van der Waals surface area contributed by atoms with Crippen molar-refractivity contribution >= 4 is 5.91 Å². The van der Waals surface area contributed by atoms with Gasteiger partial charge in [0, 0.05) is 24.4 Å². The lowest BCUT2D eigenvalue weighted by atomic mass is 9.80. The number of aryl methyl sites for hydroxylation is 2. The third kappa shape index (κ3) is 3.26. The molecule has 2 heterocycles. The highest BCUT2D eigenvalue weighted by atomic mass is 16.5. The Morgan fingerprint density at radius 2 is 1.89 bits per heavy atom. The molecule has 2 N–H and O–H groups in total. The molecule has 1 amide bonds.